The zero-order chi connectivity index (χ0) is 14.9. The van der Waals surface area contributed by atoms with Gasteiger partial charge in [-0.1, -0.05) is 0 Å². The lowest BCUT2D eigenvalue weighted by Gasteiger charge is -2.54. The molecule has 1 aliphatic carbocycles. The van der Waals surface area contributed by atoms with Crippen LogP contribution in [0.15, 0.2) is 0 Å². The number of carboxylic acids is 1. The number of carboxylic acid groups (broad SMARTS) is 1. The molecule has 1 heterocycles. The molecule has 10 heteroatoms. The Hall–Kier alpha value is -0.870. The fourth-order valence-electron chi connectivity index (χ4n) is 2.14. The van der Waals surface area contributed by atoms with Crippen LogP contribution in [0.5, 0.6) is 0 Å². The summed E-state index contributed by atoms with van der Waals surface area (Å²) >= 11 is 0. The van der Waals surface area contributed by atoms with Crippen LogP contribution >= 0.6 is 0 Å². The van der Waals surface area contributed by atoms with Gasteiger partial charge in [0.25, 0.3) is 0 Å². The Bertz CT molecular complexity index is 437. The van der Waals surface area contributed by atoms with Crippen LogP contribution in [-0.4, -0.2) is 51.1 Å². The molecule has 3 N–H and O–H groups in total. The molecule has 1 aliphatic heterocycles. The summed E-state index contributed by atoms with van der Waals surface area (Å²) in [5.74, 6) is -2.76. The number of halogens is 3. The third-order valence-corrected chi connectivity index (χ3v) is 3.74. The van der Waals surface area contributed by atoms with Gasteiger partial charge in [-0.15, -0.1) is 0 Å². The smallest absolute Gasteiger partial charge is 0.475 e. The van der Waals surface area contributed by atoms with Crippen molar-refractivity contribution in [3.8, 4) is 0 Å². The number of aliphatic carboxylic acids is 1. The minimum Gasteiger partial charge on any atom is -0.475 e. The first-order valence-corrected chi connectivity index (χ1v) is 7.31. The summed E-state index contributed by atoms with van der Waals surface area (Å²) in [5, 5.41) is 10.3. The minimum atomic E-state index is -5.08. The maximum Gasteiger partial charge on any atom is 0.490 e. The van der Waals surface area contributed by atoms with Crippen molar-refractivity contribution in [2.75, 3.05) is 19.3 Å². The normalized spacial score (nSPS) is 21.9. The molecule has 2 fully saturated rings. The van der Waals surface area contributed by atoms with Gasteiger partial charge in [0.05, 0.1) is 6.26 Å². The van der Waals surface area contributed by atoms with Crippen molar-refractivity contribution in [2.24, 2.45) is 5.41 Å². The highest BCUT2D eigenvalue weighted by Crippen LogP contribution is 2.44. The molecule has 0 aromatic heterocycles. The molecule has 1 saturated heterocycles. The van der Waals surface area contributed by atoms with Crippen molar-refractivity contribution in [1.82, 2.24) is 10.0 Å². The summed E-state index contributed by atoms with van der Waals surface area (Å²) in [5.41, 5.74) is 0.447. The predicted octanol–water partition coefficient (Wildman–Crippen LogP) is -0.0791. The van der Waals surface area contributed by atoms with Gasteiger partial charge in [-0.25, -0.2) is 17.9 Å². The number of hydrogen-bond acceptors (Lipinski definition) is 4. The van der Waals surface area contributed by atoms with Gasteiger partial charge in [0.1, 0.15) is 0 Å². The maximum atomic E-state index is 10.8. The molecular formula is C9H15F3N2O4S. The molecule has 0 unspecified atom stereocenters. The molecule has 6 nitrogen and oxygen atoms in total. The predicted molar refractivity (Wildman–Crippen MR) is 60.0 cm³/mol. The van der Waals surface area contributed by atoms with E-state index in [2.05, 4.69) is 10.0 Å². The molecule has 0 radical (unpaired) electrons. The van der Waals surface area contributed by atoms with Crippen LogP contribution in [0.4, 0.5) is 13.2 Å². The van der Waals surface area contributed by atoms with Crippen LogP contribution in [0.1, 0.15) is 12.8 Å². The lowest BCUT2D eigenvalue weighted by Crippen LogP contribution is -2.65. The Balaban J connectivity index is 0.000000224. The number of sulfonamides is 1. The van der Waals surface area contributed by atoms with Gasteiger partial charge in [-0.05, 0) is 18.3 Å². The van der Waals surface area contributed by atoms with Gasteiger partial charge < -0.3 is 10.4 Å². The summed E-state index contributed by atoms with van der Waals surface area (Å²) in [6.07, 6.45) is -1.85. The lowest BCUT2D eigenvalue weighted by atomic mass is 9.62. The summed E-state index contributed by atoms with van der Waals surface area (Å²) in [6, 6.07) is 0.196. The van der Waals surface area contributed by atoms with Crippen molar-refractivity contribution >= 4 is 16.0 Å². The third kappa shape index (κ3) is 4.96. The number of carbonyl (C=O) groups is 1. The van der Waals surface area contributed by atoms with E-state index in [4.69, 9.17) is 9.90 Å². The topological polar surface area (TPSA) is 95.5 Å². The Morgan fingerprint density at radius 3 is 2.00 bits per heavy atom. The average molecular weight is 304 g/mol. The van der Waals surface area contributed by atoms with Gasteiger partial charge >= 0.3 is 12.1 Å². The van der Waals surface area contributed by atoms with Gasteiger partial charge in [-0.2, -0.15) is 13.2 Å². The zero-order valence-corrected chi connectivity index (χ0v) is 10.9. The first-order valence-electron chi connectivity index (χ1n) is 5.42. The Kier molecular flexibility index (Phi) is 4.47. The second kappa shape index (κ2) is 5.25. The first-order chi connectivity index (χ1) is 8.44. The van der Waals surface area contributed by atoms with E-state index < -0.39 is 22.2 Å². The summed E-state index contributed by atoms with van der Waals surface area (Å²) < 4.78 is 56.0. The quantitative estimate of drug-likeness (QED) is 0.663. The monoisotopic (exact) mass is 304 g/mol. The number of nitrogens with one attached hydrogen (secondary N) is 2. The molecule has 1 spiro atoms. The van der Waals surface area contributed by atoms with E-state index in [1.54, 1.807) is 0 Å². The van der Waals surface area contributed by atoms with Crippen molar-refractivity contribution in [3.63, 3.8) is 0 Å². The second-order valence-corrected chi connectivity index (χ2v) is 6.68. The van der Waals surface area contributed by atoms with Crippen LogP contribution in [0, 0.1) is 5.41 Å². The molecular weight excluding hydrogens is 289 g/mol. The van der Waals surface area contributed by atoms with E-state index in [-0.39, 0.29) is 6.04 Å². The van der Waals surface area contributed by atoms with Crippen molar-refractivity contribution in [3.05, 3.63) is 0 Å². The third-order valence-electron chi connectivity index (χ3n) is 2.98. The average Bonchev–Trinajstić information content (AvgIpc) is 2.04. The van der Waals surface area contributed by atoms with Crippen LogP contribution < -0.4 is 10.0 Å². The molecule has 2 aliphatic rings. The fraction of sp³-hybridized carbons (Fsp3) is 0.889. The Labute approximate surface area is 108 Å². The van der Waals surface area contributed by atoms with Gasteiger partial charge in [0.2, 0.25) is 10.0 Å². The minimum absolute atomic E-state index is 0.196. The highest BCUT2D eigenvalue weighted by atomic mass is 32.2. The number of hydrogen-bond donors (Lipinski definition) is 3. The number of alkyl halides is 3. The summed E-state index contributed by atoms with van der Waals surface area (Å²) in [6.45, 7) is 2.13. The van der Waals surface area contributed by atoms with E-state index in [0.717, 1.165) is 25.9 Å². The molecule has 0 atom stereocenters. The molecule has 19 heavy (non-hydrogen) atoms. The van der Waals surface area contributed by atoms with Gasteiger partial charge in [0.15, 0.2) is 0 Å². The maximum absolute atomic E-state index is 10.8. The van der Waals surface area contributed by atoms with Gasteiger partial charge in [0, 0.05) is 19.1 Å². The molecule has 0 bridgehead atoms. The number of rotatable bonds is 2. The van der Waals surface area contributed by atoms with E-state index in [9.17, 15) is 21.6 Å². The van der Waals surface area contributed by atoms with Crippen LogP contribution in [0.2, 0.25) is 0 Å². The SMILES string of the molecule is CS(=O)(=O)NC1CC2(CNC2)C1.O=C(O)C(F)(F)F. The van der Waals surface area contributed by atoms with Crippen LogP contribution in [0.3, 0.4) is 0 Å². The van der Waals surface area contributed by atoms with E-state index >= 15 is 0 Å². The molecule has 2 rings (SSSR count). The van der Waals surface area contributed by atoms with Crippen LogP contribution in [0.25, 0.3) is 0 Å². The van der Waals surface area contributed by atoms with Crippen LogP contribution in [-0.2, 0) is 14.8 Å². The van der Waals surface area contributed by atoms with Gasteiger partial charge in [-0.3, -0.25) is 0 Å². The van der Waals surface area contributed by atoms with Crippen molar-refractivity contribution in [2.45, 2.75) is 25.1 Å². The molecule has 1 saturated carbocycles. The van der Waals surface area contributed by atoms with Crippen molar-refractivity contribution in [1.29, 1.82) is 0 Å². The highest BCUT2D eigenvalue weighted by Gasteiger charge is 2.48. The van der Waals surface area contributed by atoms with E-state index in [0.29, 0.717) is 5.41 Å². The Morgan fingerprint density at radius 1 is 1.37 bits per heavy atom. The second-order valence-electron chi connectivity index (χ2n) is 4.90. The standard InChI is InChI=1S/C7H14N2O2S.C2HF3O2/c1-12(10,11)9-6-2-7(3-6)4-8-5-7;3-2(4,5)1(6)7/h6,8-9H,2-5H2,1H3;(H,6,7). The molecule has 0 aromatic rings. The van der Waals surface area contributed by atoms with E-state index in [1.165, 1.54) is 6.26 Å². The largest absolute Gasteiger partial charge is 0.490 e. The summed E-state index contributed by atoms with van der Waals surface area (Å²) in [4.78, 5) is 8.90. The first kappa shape index (κ1) is 16.2. The lowest BCUT2D eigenvalue weighted by molar-refractivity contribution is -0.192. The molecule has 112 valence electrons. The van der Waals surface area contributed by atoms with E-state index in [1.807, 2.05) is 0 Å². The Morgan fingerprint density at radius 2 is 1.79 bits per heavy atom. The fourth-order valence-corrected chi connectivity index (χ4v) is 2.91. The zero-order valence-electron chi connectivity index (χ0n) is 10.1. The molecule has 0 aromatic carbocycles. The summed E-state index contributed by atoms with van der Waals surface area (Å²) in [7, 11) is -2.99. The highest BCUT2D eigenvalue weighted by molar-refractivity contribution is 7.88. The van der Waals surface area contributed by atoms with Crippen molar-refractivity contribution < 1.29 is 31.5 Å². The molecule has 0 amide bonds.